The molecule has 4 nitrogen and oxygen atoms in total. The van der Waals surface area contributed by atoms with Crippen molar-refractivity contribution in [2.24, 2.45) is 0 Å². The predicted molar refractivity (Wildman–Crippen MR) is 99.8 cm³/mol. The second-order valence-electron chi connectivity index (χ2n) is 6.59. The summed E-state index contributed by atoms with van der Waals surface area (Å²) in [6.45, 7) is 2.03. The third kappa shape index (κ3) is 3.37. The first kappa shape index (κ1) is 16.4. The number of nitrogens with zero attached hydrogens (tertiary/aromatic N) is 1. The molecular formula is C20H25N3O. The van der Waals surface area contributed by atoms with Gasteiger partial charge in [0.25, 0.3) is 0 Å². The molecule has 0 radical (unpaired) electrons. The Morgan fingerprint density at radius 3 is 2.71 bits per heavy atom. The molecule has 0 fully saturated rings. The smallest absolute Gasteiger partial charge is 0.319 e. The maximum Gasteiger partial charge on any atom is 0.319 e. The Morgan fingerprint density at radius 1 is 1.12 bits per heavy atom. The molecular weight excluding hydrogens is 298 g/mol. The molecule has 0 heterocycles. The lowest BCUT2D eigenvalue weighted by Crippen LogP contribution is -2.34. The van der Waals surface area contributed by atoms with Gasteiger partial charge in [-0.2, -0.15) is 0 Å². The van der Waals surface area contributed by atoms with Crippen LogP contribution in [-0.4, -0.2) is 20.1 Å². The van der Waals surface area contributed by atoms with E-state index < -0.39 is 0 Å². The molecule has 1 unspecified atom stereocenters. The van der Waals surface area contributed by atoms with Crippen LogP contribution in [0.15, 0.2) is 42.5 Å². The van der Waals surface area contributed by atoms with Crippen LogP contribution in [0.25, 0.3) is 0 Å². The molecule has 0 saturated heterocycles. The van der Waals surface area contributed by atoms with Gasteiger partial charge in [-0.05, 0) is 55.0 Å². The van der Waals surface area contributed by atoms with Gasteiger partial charge in [-0.3, -0.25) is 0 Å². The van der Waals surface area contributed by atoms with E-state index in [0.29, 0.717) is 0 Å². The lowest BCUT2D eigenvalue weighted by molar-refractivity contribution is 0.247. The fourth-order valence-electron chi connectivity index (χ4n) is 3.46. The third-order valence-corrected chi connectivity index (χ3v) is 4.71. The fraction of sp³-hybridized carbons (Fsp3) is 0.350. The first-order valence-electron chi connectivity index (χ1n) is 8.48. The Bertz CT molecular complexity index is 739. The van der Waals surface area contributed by atoms with Crippen molar-refractivity contribution in [2.75, 3.05) is 24.3 Å². The van der Waals surface area contributed by atoms with Gasteiger partial charge in [0, 0.05) is 25.5 Å². The number of amides is 2. The van der Waals surface area contributed by atoms with Crippen LogP contribution in [0.3, 0.4) is 0 Å². The second kappa shape index (κ2) is 6.95. The number of fused-ring (bicyclic) bond motifs is 1. The van der Waals surface area contributed by atoms with Crippen LogP contribution < -0.4 is 15.5 Å². The monoisotopic (exact) mass is 323 g/mol. The number of benzene rings is 2. The number of nitrogens with one attached hydrogen (secondary N) is 2. The van der Waals surface area contributed by atoms with E-state index in [-0.39, 0.29) is 12.1 Å². The van der Waals surface area contributed by atoms with E-state index in [1.54, 1.807) is 0 Å². The topological polar surface area (TPSA) is 44.4 Å². The van der Waals surface area contributed by atoms with E-state index in [2.05, 4.69) is 39.8 Å². The summed E-state index contributed by atoms with van der Waals surface area (Å²) in [6.07, 6.45) is 3.19. The summed E-state index contributed by atoms with van der Waals surface area (Å²) in [7, 11) is 4.01. The van der Waals surface area contributed by atoms with Gasteiger partial charge in [-0.1, -0.05) is 30.3 Å². The number of carbonyl (C=O) groups excluding carboxylic acids is 1. The minimum Gasteiger partial charge on any atom is -0.377 e. The highest BCUT2D eigenvalue weighted by molar-refractivity contribution is 5.91. The Balaban J connectivity index is 1.72. The molecule has 2 amide bonds. The number of anilines is 2. The van der Waals surface area contributed by atoms with Crippen molar-refractivity contribution in [1.29, 1.82) is 0 Å². The predicted octanol–water partition coefficient (Wildman–Crippen LogP) is 4.26. The number of urea groups is 1. The standard InChI is InChI=1S/C20H25N3O/c1-14-17(11-7-13-19(14)23(2)3)21-20(24)22-18-12-6-9-15-8-4-5-10-16(15)18/h4-5,7-8,10-11,13,18H,6,9,12H2,1-3H3,(H2,21,22,24). The molecule has 4 heteroatoms. The zero-order valence-electron chi connectivity index (χ0n) is 14.6. The van der Waals surface area contributed by atoms with Gasteiger partial charge < -0.3 is 15.5 Å². The molecule has 2 aromatic rings. The third-order valence-electron chi connectivity index (χ3n) is 4.71. The molecule has 0 aromatic heterocycles. The van der Waals surface area contributed by atoms with E-state index in [1.165, 1.54) is 11.1 Å². The van der Waals surface area contributed by atoms with E-state index in [4.69, 9.17) is 0 Å². The number of hydrogen-bond donors (Lipinski definition) is 2. The first-order valence-corrected chi connectivity index (χ1v) is 8.48. The number of aryl methyl sites for hydroxylation is 1. The van der Waals surface area contributed by atoms with Crippen LogP contribution in [0.1, 0.15) is 35.6 Å². The van der Waals surface area contributed by atoms with Gasteiger partial charge in [0.05, 0.1) is 6.04 Å². The summed E-state index contributed by atoms with van der Waals surface area (Å²) in [5.74, 6) is 0. The van der Waals surface area contributed by atoms with Crippen LogP contribution in [0.4, 0.5) is 16.2 Å². The fourth-order valence-corrected chi connectivity index (χ4v) is 3.46. The molecule has 1 aliphatic rings. The van der Waals surface area contributed by atoms with Crippen molar-refractivity contribution in [3.05, 3.63) is 59.2 Å². The van der Waals surface area contributed by atoms with Crippen molar-refractivity contribution in [1.82, 2.24) is 5.32 Å². The maximum atomic E-state index is 12.5. The Labute approximate surface area is 143 Å². The minimum absolute atomic E-state index is 0.0901. The number of hydrogen-bond acceptors (Lipinski definition) is 2. The van der Waals surface area contributed by atoms with Crippen LogP contribution >= 0.6 is 0 Å². The lowest BCUT2D eigenvalue weighted by Gasteiger charge is -2.26. The van der Waals surface area contributed by atoms with E-state index >= 15 is 0 Å². The lowest BCUT2D eigenvalue weighted by atomic mass is 9.88. The van der Waals surface area contributed by atoms with Crippen LogP contribution in [-0.2, 0) is 6.42 Å². The molecule has 1 atom stereocenters. The molecule has 24 heavy (non-hydrogen) atoms. The average molecular weight is 323 g/mol. The number of rotatable bonds is 3. The van der Waals surface area contributed by atoms with Gasteiger partial charge in [0.2, 0.25) is 0 Å². The molecule has 2 N–H and O–H groups in total. The molecule has 3 rings (SSSR count). The van der Waals surface area contributed by atoms with E-state index in [1.807, 2.05) is 39.2 Å². The molecule has 2 aromatic carbocycles. The largest absolute Gasteiger partial charge is 0.377 e. The summed E-state index contributed by atoms with van der Waals surface area (Å²) in [5.41, 5.74) is 5.62. The van der Waals surface area contributed by atoms with Gasteiger partial charge in [-0.15, -0.1) is 0 Å². The highest BCUT2D eigenvalue weighted by Gasteiger charge is 2.21. The SMILES string of the molecule is Cc1c(NC(=O)NC2CCCc3ccccc32)cccc1N(C)C. The molecule has 126 valence electrons. The minimum atomic E-state index is -0.143. The van der Waals surface area contributed by atoms with Crippen molar-refractivity contribution in [3.8, 4) is 0 Å². The Hall–Kier alpha value is -2.49. The average Bonchev–Trinajstić information content (AvgIpc) is 2.57. The molecule has 0 bridgehead atoms. The first-order chi connectivity index (χ1) is 11.6. The van der Waals surface area contributed by atoms with Gasteiger partial charge in [-0.25, -0.2) is 4.79 Å². The summed E-state index contributed by atoms with van der Waals surface area (Å²) < 4.78 is 0. The van der Waals surface area contributed by atoms with Crippen LogP contribution in [0.2, 0.25) is 0 Å². The zero-order chi connectivity index (χ0) is 17.1. The summed E-state index contributed by atoms with van der Waals surface area (Å²) in [4.78, 5) is 14.5. The Kier molecular flexibility index (Phi) is 4.74. The molecule has 0 spiro atoms. The Morgan fingerprint density at radius 2 is 1.92 bits per heavy atom. The quantitative estimate of drug-likeness (QED) is 0.886. The van der Waals surface area contributed by atoms with Gasteiger partial charge in [0.1, 0.15) is 0 Å². The van der Waals surface area contributed by atoms with E-state index in [9.17, 15) is 4.79 Å². The summed E-state index contributed by atoms with van der Waals surface area (Å²) in [6, 6.07) is 14.3. The molecule has 0 aliphatic heterocycles. The summed E-state index contributed by atoms with van der Waals surface area (Å²) in [5, 5.41) is 6.14. The van der Waals surface area contributed by atoms with Crippen molar-refractivity contribution < 1.29 is 4.79 Å². The van der Waals surface area contributed by atoms with E-state index in [0.717, 1.165) is 36.2 Å². The molecule has 1 aliphatic carbocycles. The van der Waals surface area contributed by atoms with Crippen molar-refractivity contribution in [3.63, 3.8) is 0 Å². The highest BCUT2D eigenvalue weighted by atomic mass is 16.2. The zero-order valence-corrected chi connectivity index (χ0v) is 14.6. The van der Waals surface area contributed by atoms with Gasteiger partial charge in [0.15, 0.2) is 0 Å². The molecule has 0 saturated carbocycles. The maximum absolute atomic E-state index is 12.5. The normalized spacial score (nSPS) is 16.2. The van der Waals surface area contributed by atoms with Crippen molar-refractivity contribution >= 4 is 17.4 Å². The van der Waals surface area contributed by atoms with Crippen LogP contribution in [0.5, 0.6) is 0 Å². The summed E-state index contributed by atoms with van der Waals surface area (Å²) >= 11 is 0. The highest BCUT2D eigenvalue weighted by Crippen LogP contribution is 2.30. The number of carbonyl (C=O) groups is 1. The van der Waals surface area contributed by atoms with Gasteiger partial charge >= 0.3 is 6.03 Å². The van der Waals surface area contributed by atoms with Crippen LogP contribution in [0, 0.1) is 6.92 Å². The second-order valence-corrected chi connectivity index (χ2v) is 6.59. The van der Waals surface area contributed by atoms with Crippen molar-refractivity contribution in [2.45, 2.75) is 32.2 Å².